The summed E-state index contributed by atoms with van der Waals surface area (Å²) in [6.07, 6.45) is 0. The van der Waals surface area contributed by atoms with Crippen molar-refractivity contribution < 1.29 is 33.3 Å². The van der Waals surface area contributed by atoms with Crippen LogP contribution in [0.15, 0.2) is 30.3 Å². The number of ether oxygens (including phenoxy) is 5. The number of amides is 1. The van der Waals surface area contributed by atoms with E-state index in [1.165, 1.54) is 20.3 Å². The average Bonchev–Trinajstić information content (AvgIpc) is 3.31. The standard InChI is InChI=1S/C24H28N2O7/c1-4-31-24(28)18-13-20(29-2)17(12-21(18)30-3)23(27)26-9-7-25(8-10-26)14-16-5-6-19-22(11-16)33-15-32-19/h5-6,11-13H,4,7-10,14-15H2,1-3H3. The first-order valence-electron chi connectivity index (χ1n) is 10.9. The molecule has 1 fully saturated rings. The largest absolute Gasteiger partial charge is 0.496 e. The van der Waals surface area contributed by atoms with Gasteiger partial charge in [0.1, 0.15) is 17.1 Å². The summed E-state index contributed by atoms with van der Waals surface area (Å²) in [6, 6.07) is 9.01. The summed E-state index contributed by atoms with van der Waals surface area (Å²) in [5.74, 6) is 1.44. The minimum atomic E-state index is -0.524. The number of piperazine rings is 1. The number of hydrogen-bond donors (Lipinski definition) is 0. The molecule has 2 aliphatic heterocycles. The highest BCUT2D eigenvalue weighted by molar-refractivity contribution is 6.01. The molecule has 176 valence electrons. The van der Waals surface area contributed by atoms with Gasteiger partial charge in [0.05, 0.1) is 26.4 Å². The van der Waals surface area contributed by atoms with Gasteiger partial charge in [-0.2, -0.15) is 0 Å². The van der Waals surface area contributed by atoms with Crippen molar-refractivity contribution in [2.45, 2.75) is 13.5 Å². The van der Waals surface area contributed by atoms with Gasteiger partial charge in [0.25, 0.3) is 5.91 Å². The van der Waals surface area contributed by atoms with E-state index in [4.69, 9.17) is 23.7 Å². The molecule has 1 amide bonds. The predicted molar refractivity (Wildman–Crippen MR) is 119 cm³/mol. The van der Waals surface area contributed by atoms with Gasteiger partial charge in [-0.05, 0) is 36.8 Å². The zero-order valence-electron chi connectivity index (χ0n) is 19.1. The van der Waals surface area contributed by atoms with Crippen molar-refractivity contribution in [3.05, 3.63) is 47.0 Å². The molecule has 1 saturated heterocycles. The molecule has 2 heterocycles. The van der Waals surface area contributed by atoms with Crippen LogP contribution in [0.4, 0.5) is 0 Å². The summed E-state index contributed by atoms with van der Waals surface area (Å²) in [4.78, 5) is 29.6. The molecular formula is C24H28N2O7. The van der Waals surface area contributed by atoms with Crippen LogP contribution in [0.25, 0.3) is 0 Å². The molecule has 33 heavy (non-hydrogen) atoms. The summed E-state index contributed by atoms with van der Waals surface area (Å²) in [7, 11) is 2.92. The van der Waals surface area contributed by atoms with Gasteiger partial charge in [0.15, 0.2) is 11.5 Å². The van der Waals surface area contributed by atoms with Crippen LogP contribution in [0.2, 0.25) is 0 Å². The Morgan fingerprint density at radius 2 is 1.58 bits per heavy atom. The molecule has 0 radical (unpaired) electrons. The van der Waals surface area contributed by atoms with E-state index in [1.807, 2.05) is 18.2 Å². The quantitative estimate of drug-likeness (QED) is 0.588. The van der Waals surface area contributed by atoms with Crippen LogP contribution in [-0.4, -0.2) is 75.5 Å². The number of rotatable bonds is 7. The molecule has 9 heteroatoms. The normalized spacial score (nSPS) is 15.3. The molecule has 2 aromatic rings. The first-order valence-corrected chi connectivity index (χ1v) is 10.9. The van der Waals surface area contributed by atoms with Crippen LogP contribution in [0.1, 0.15) is 33.2 Å². The summed E-state index contributed by atoms with van der Waals surface area (Å²) < 4.78 is 26.7. The third kappa shape index (κ3) is 4.83. The van der Waals surface area contributed by atoms with Gasteiger partial charge in [-0.25, -0.2) is 4.79 Å². The molecule has 2 aliphatic rings. The Kier molecular flexibility index (Phi) is 6.88. The second-order valence-corrected chi connectivity index (χ2v) is 7.73. The van der Waals surface area contributed by atoms with E-state index >= 15 is 0 Å². The minimum Gasteiger partial charge on any atom is -0.496 e. The van der Waals surface area contributed by atoms with Crippen molar-refractivity contribution in [3.63, 3.8) is 0 Å². The molecule has 0 atom stereocenters. The molecule has 0 unspecified atom stereocenters. The Morgan fingerprint density at radius 3 is 2.27 bits per heavy atom. The number of benzene rings is 2. The second-order valence-electron chi connectivity index (χ2n) is 7.73. The minimum absolute atomic E-state index is 0.164. The van der Waals surface area contributed by atoms with Crippen LogP contribution in [-0.2, 0) is 11.3 Å². The Bertz CT molecular complexity index is 1030. The number of carbonyl (C=O) groups is 2. The van der Waals surface area contributed by atoms with E-state index in [9.17, 15) is 9.59 Å². The van der Waals surface area contributed by atoms with E-state index in [2.05, 4.69) is 4.90 Å². The lowest BCUT2D eigenvalue weighted by Gasteiger charge is -2.35. The summed E-state index contributed by atoms with van der Waals surface area (Å²) in [5, 5.41) is 0. The van der Waals surface area contributed by atoms with Gasteiger partial charge >= 0.3 is 5.97 Å². The van der Waals surface area contributed by atoms with Crippen LogP contribution in [0.5, 0.6) is 23.0 Å². The highest BCUT2D eigenvalue weighted by atomic mass is 16.7. The van der Waals surface area contributed by atoms with Gasteiger partial charge < -0.3 is 28.6 Å². The van der Waals surface area contributed by atoms with Crippen LogP contribution in [0.3, 0.4) is 0 Å². The molecule has 0 aromatic heterocycles. The lowest BCUT2D eigenvalue weighted by molar-refractivity contribution is 0.0520. The number of hydrogen-bond acceptors (Lipinski definition) is 8. The molecule has 9 nitrogen and oxygen atoms in total. The van der Waals surface area contributed by atoms with Crippen molar-refractivity contribution in [3.8, 4) is 23.0 Å². The van der Waals surface area contributed by atoms with Gasteiger partial charge in [-0.1, -0.05) is 6.07 Å². The Hall–Kier alpha value is -3.46. The zero-order chi connectivity index (χ0) is 23.4. The molecule has 4 rings (SSSR count). The number of carbonyl (C=O) groups excluding carboxylic acids is 2. The first kappa shape index (κ1) is 22.7. The fourth-order valence-corrected chi connectivity index (χ4v) is 4.01. The topological polar surface area (TPSA) is 86.8 Å². The van der Waals surface area contributed by atoms with Crippen molar-refractivity contribution in [2.24, 2.45) is 0 Å². The van der Waals surface area contributed by atoms with E-state index in [-0.39, 0.29) is 30.6 Å². The Morgan fingerprint density at radius 1 is 0.909 bits per heavy atom. The van der Waals surface area contributed by atoms with Crippen molar-refractivity contribution in [1.29, 1.82) is 0 Å². The highest BCUT2D eigenvalue weighted by Crippen LogP contribution is 2.33. The molecular weight excluding hydrogens is 428 g/mol. The fraction of sp³-hybridized carbons (Fsp3) is 0.417. The van der Waals surface area contributed by atoms with Crippen molar-refractivity contribution in [1.82, 2.24) is 9.80 Å². The van der Waals surface area contributed by atoms with Gasteiger partial charge in [-0.15, -0.1) is 0 Å². The number of esters is 1. The van der Waals surface area contributed by atoms with Crippen LogP contribution in [0, 0.1) is 0 Å². The van der Waals surface area contributed by atoms with Gasteiger partial charge in [-0.3, -0.25) is 9.69 Å². The maximum atomic E-state index is 13.3. The number of fused-ring (bicyclic) bond motifs is 1. The molecule has 0 N–H and O–H groups in total. The number of methoxy groups -OCH3 is 2. The second kappa shape index (κ2) is 9.99. The average molecular weight is 456 g/mol. The fourth-order valence-electron chi connectivity index (χ4n) is 4.01. The summed E-state index contributed by atoms with van der Waals surface area (Å²) in [5.41, 5.74) is 1.72. The van der Waals surface area contributed by atoms with E-state index < -0.39 is 5.97 Å². The van der Waals surface area contributed by atoms with Crippen LogP contribution < -0.4 is 18.9 Å². The Labute approximate surface area is 192 Å². The third-order valence-electron chi connectivity index (χ3n) is 5.75. The highest BCUT2D eigenvalue weighted by Gasteiger charge is 2.27. The summed E-state index contributed by atoms with van der Waals surface area (Å²) in [6.45, 7) is 5.62. The molecule has 2 aromatic carbocycles. The lowest BCUT2D eigenvalue weighted by Crippen LogP contribution is -2.48. The smallest absolute Gasteiger partial charge is 0.342 e. The first-order chi connectivity index (χ1) is 16.0. The van der Waals surface area contributed by atoms with Crippen LogP contribution >= 0.6 is 0 Å². The molecule has 0 aliphatic carbocycles. The molecule has 0 saturated carbocycles. The maximum Gasteiger partial charge on any atom is 0.342 e. The predicted octanol–water partition coefficient (Wildman–Crippen LogP) is 2.57. The summed E-state index contributed by atoms with van der Waals surface area (Å²) >= 11 is 0. The lowest BCUT2D eigenvalue weighted by atomic mass is 10.1. The third-order valence-corrected chi connectivity index (χ3v) is 5.75. The monoisotopic (exact) mass is 456 g/mol. The van der Waals surface area contributed by atoms with Crippen molar-refractivity contribution >= 4 is 11.9 Å². The molecule has 0 bridgehead atoms. The Balaban J connectivity index is 1.43. The van der Waals surface area contributed by atoms with Gasteiger partial charge in [0, 0.05) is 32.7 Å². The van der Waals surface area contributed by atoms with E-state index in [0.717, 1.165) is 36.7 Å². The van der Waals surface area contributed by atoms with E-state index in [1.54, 1.807) is 17.9 Å². The SMILES string of the molecule is CCOC(=O)c1cc(OC)c(C(=O)N2CCN(Cc3ccc4c(c3)OCO4)CC2)cc1OC. The molecule has 0 spiro atoms. The number of nitrogens with zero attached hydrogens (tertiary/aromatic N) is 2. The van der Waals surface area contributed by atoms with Gasteiger partial charge in [0.2, 0.25) is 6.79 Å². The maximum absolute atomic E-state index is 13.3. The zero-order valence-corrected chi connectivity index (χ0v) is 19.1. The van der Waals surface area contributed by atoms with Crippen molar-refractivity contribution in [2.75, 3.05) is 53.8 Å². The van der Waals surface area contributed by atoms with E-state index in [0.29, 0.717) is 24.4 Å².